The standard InChI is InChI=1S/C20H28NO2.HI/c1-21(13-7-8-14-21)15-16-23-20(22)19(18-11-5-6-12-18)17-9-3-2-4-10-17;/h2-5,9-11,18-19H,6-8,12-16H2,1H3;1H/q+1;/p-1. The van der Waals surface area contributed by atoms with Gasteiger partial charge < -0.3 is 33.2 Å². The smallest absolute Gasteiger partial charge is 0.314 e. The lowest BCUT2D eigenvalue weighted by Crippen LogP contribution is -3.00. The average Bonchev–Trinajstić information content (AvgIpc) is 3.21. The summed E-state index contributed by atoms with van der Waals surface area (Å²) in [6.07, 6.45) is 9.07. The van der Waals surface area contributed by atoms with Crippen LogP contribution in [0.2, 0.25) is 0 Å². The monoisotopic (exact) mass is 441 g/mol. The van der Waals surface area contributed by atoms with E-state index < -0.39 is 0 Å². The minimum atomic E-state index is -0.154. The number of likely N-dealkylation sites (N-methyl/N-ethyl adjacent to an activating group) is 1. The first kappa shape index (κ1) is 19.4. The second-order valence-electron chi connectivity index (χ2n) is 7.22. The molecule has 2 atom stereocenters. The Morgan fingerprint density at radius 2 is 1.96 bits per heavy atom. The highest BCUT2D eigenvalue weighted by Gasteiger charge is 2.32. The van der Waals surface area contributed by atoms with Crippen LogP contribution in [0.3, 0.4) is 0 Å². The predicted octanol–water partition coefficient (Wildman–Crippen LogP) is 0.524. The zero-order valence-corrected chi connectivity index (χ0v) is 16.7. The molecule has 0 N–H and O–H groups in total. The van der Waals surface area contributed by atoms with Crippen molar-refractivity contribution in [2.75, 3.05) is 33.3 Å². The highest BCUT2D eigenvalue weighted by atomic mass is 127. The van der Waals surface area contributed by atoms with E-state index in [1.807, 2.05) is 30.3 Å². The van der Waals surface area contributed by atoms with Gasteiger partial charge in [0.1, 0.15) is 13.2 Å². The lowest BCUT2D eigenvalue weighted by atomic mass is 9.85. The summed E-state index contributed by atoms with van der Waals surface area (Å²) in [6.45, 7) is 3.90. The molecule has 1 heterocycles. The van der Waals surface area contributed by atoms with Crippen LogP contribution < -0.4 is 24.0 Å². The summed E-state index contributed by atoms with van der Waals surface area (Å²) in [4.78, 5) is 12.7. The second kappa shape index (κ2) is 8.99. The molecule has 1 aromatic rings. The molecule has 0 amide bonds. The molecule has 24 heavy (non-hydrogen) atoms. The first-order valence-corrected chi connectivity index (χ1v) is 8.90. The van der Waals surface area contributed by atoms with Crippen molar-refractivity contribution in [3.05, 3.63) is 48.0 Å². The quantitative estimate of drug-likeness (QED) is 0.279. The molecule has 3 rings (SSSR count). The van der Waals surface area contributed by atoms with Crippen molar-refractivity contribution in [2.45, 2.75) is 31.6 Å². The molecule has 2 aliphatic rings. The van der Waals surface area contributed by atoms with Gasteiger partial charge in [-0.1, -0.05) is 42.5 Å². The molecule has 3 nitrogen and oxygen atoms in total. The van der Waals surface area contributed by atoms with E-state index in [-0.39, 0.29) is 41.8 Å². The van der Waals surface area contributed by atoms with E-state index >= 15 is 0 Å². The van der Waals surface area contributed by atoms with E-state index in [0.717, 1.165) is 29.4 Å². The van der Waals surface area contributed by atoms with Crippen LogP contribution >= 0.6 is 0 Å². The molecule has 1 saturated heterocycles. The molecule has 0 radical (unpaired) electrons. The number of allylic oxidation sites excluding steroid dienone is 2. The maximum Gasteiger partial charge on any atom is 0.314 e. The van der Waals surface area contributed by atoms with Crippen molar-refractivity contribution >= 4 is 5.97 Å². The van der Waals surface area contributed by atoms with Gasteiger partial charge in [-0.3, -0.25) is 4.79 Å². The van der Waals surface area contributed by atoms with Crippen LogP contribution in [-0.4, -0.2) is 43.7 Å². The first-order chi connectivity index (χ1) is 11.2. The molecule has 1 fully saturated rings. The molecule has 1 aliphatic heterocycles. The lowest BCUT2D eigenvalue weighted by Gasteiger charge is -2.29. The van der Waals surface area contributed by atoms with E-state index in [1.54, 1.807) is 0 Å². The zero-order chi connectivity index (χ0) is 16.1. The average molecular weight is 441 g/mol. The van der Waals surface area contributed by atoms with Gasteiger partial charge in [-0.15, -0.1) is 0 Å². The number of halogens is 1. The lowest BCUT2D eigenvalue weighted by molar-refractivity contribution is -0.897. The Morgan fingerprint density at radius 1 is 1.25 bits per heavy atom. The third-order valence-electron chi connectivity index (χ3n) is 5.41. The van der Waals surface area contributed by atoms with Gasteiger partial charge in [0.25, 0.3) is 0 Å². The van der Waals surface area contributed by atoms with E-state index in [9.17, 15) is 4.79 Å². The fourth-order valence-electron chi connectivity index (χ4n) is 3.93. The second-order valence-corrected chi connectivity index (χ2v) is 7.22. The van der Waals surface area contributed by atoms with Crippen molar-refractivity contribution in [1.29, 1.82) is 0 Å². The molecule has 4 heteroatoms. The summed E-state index contributed by atoms with van der Waals surface area (Å²) in [7, 11) is 2.27. The molecule has 0 bridgehead atoms. The van der Waals surface area contributed by atoms with Crippen molar-refractivity contribution < 1.29 is 38.0 Å². The molecule has 132 valence electrons. The number of esters is 1. The van der Waals surface area contributed by atoms with Crippen molar-refractivity contribution in [2.24, 2.45) is 5.92 Å². The number of likely N-dealkylation sites (tertiary alicyclic amines) is 1. The highest BCUT2D eigenvalue weighted by Crippen LogP contribution is 2.34. The number of hydrogen-bond donors (Lipinski definition) is 0. The summed E-state index contributed by atoms with van der Waals surface area (Å²) in [5, 5.41) is 0. The summed E-state index contributed by atoms with van der Waals surface area (Å²) in [5.41, 5.74) is 1.08. The molecule has 1 aromatic carbocycles. The van der Waals surface area contributed by atoms with Crippen LogP contribution in [0, 0.1) is 5.92 Å². The molecule has 1 aliphatic carbocycles. The normalized spacial score (nSPS) is 22.8. The van der Waals surface area contributed by atoms with Crippen molar-refractivity contribution in [3.63, 3.8) is 0 Å². The maximum atomic E-state index is 12.7. The minimum Gasteiger partial charge on any atom is -1.00 e. The van der Waals surface area contributed by atoms with Crippen LogP contribution in [0.15, 0.2) is 42.5 Å². The van der Waals surface area contributed by atoms with E-state index in [1.165, 1.54) is 25.9 Å². The summed E-state index contributed by atoms with van der Waals surface area (Å²) >= 11 is 0. The zero-order valence-electron chi connectivity index (χ0n) is 14.5. The van der Waals surface area contributed by atoms with Gasteiger partial charge in [-0.2, -0.15) is 0 Å². The van der Waals surface area contributed by atoms with Gasteiger partial charge in [0.05, 0.1) is 26.1 Å². The van der Waals surface area contributed by atoms with Gasteiger partial charge in [0.15, 0.2) is 0 Å². The van der Waals surface area contributed by atoms with Crippen LogP contribution in [0.4, 0.5) is 0 Å². The Hall–Kier alpha value is -0.880. The minimum absolute atomic E-state index is 0. The third-order valence-corrected chi connectivity index (χ3v) is 5.41. The maximum absolute atomic E-state index is 12.7. The molecule has 0 saturated carbocycles. The molecule has 0 aromatic heterocycles. The summed E-state index contributed by atoms with van der Waals surface area (Å²) in [5.74, 6) is 0.0684. The van der Waals surface area contributed by atoms with E-state index in [4.69, 9.17) is 4.74 Å². The number of ether oxygens (including phenoxy) is 1. The Bertz CT molecular complexity index is 552. The SMILES string of the molecule is C[N+]1(CCOC(=O)C(c2ccccc2)C2C=CCC2)CCCC1.[I-]. The number of carbonyl (C=O) groups excluding carboxylic acids is 1. The Morgan fingerprint density at radius 3 is 2.58 bits per heavy atom. The number of benzene rings is 1. The number of rotatable bonds is 6. The van der Waals surface area contributed by atoms with Crippen LogP contribution in [0.1, 0.15) is 37.2 Å². The number of nitrogens with zero attached hydrogens (tertiary/aromatic N) is 1. The first-order valence-electron chi connectivity index (χ1n) is 8.90. The van der Waals surface area contributed by atoms with E-state index in [2.05, 4.69) is 19.2 Å². The van der Waals surface area contributed by atoms with Gasteiger partial charge in [-0.05, 0) is 24.3 Å². The predicted molar refractivity (Wildman–Crippen MR) is 92.0 cm³/mol. The number of carbonyl (C=O) groups is 1. The van der Waals surface area contributed by atoms with Crippen LogP contribution in [-0.2, 0) is 9.53 Å². The van der Waals surface area contributed by atoms with Gasteiger partial charge in [-0.25, -0.2) is 0 Å². The highest BCUT2D eigenvalue weighted by molar-refractivity contribution is 5.79. The van der Waals surface area contributed by atoms with Gasteiger partial charge >= 0.3 is 5.97 Å². The molecular weight excluding hydrogens is 413 g/mol. The molecule has 2 unspecified atom stereocenters. The number of hydrogen-bond acceptors (Lipinski definition) is 2. The molecule has 0 spiro atoms. The van der Waals surface area contributed by atoms with Crippen LogP contribution in [0.25, 0.3) is 0 Å². The fraction of sp³-hybridized carbons (Fsp3) is 0.550. The number of quaternary nitrogens is 1. The molecular formula is C20H28INO2. The summed E-state index contributed by atoms with van der Waals surface area (Å²) in [6, 6.07) is 10.1. The van der Waals surface area contributed by atoms with E-state index in [0.29, 0.717) is 6.61 Å². The largest absolute Gasteiger partial charge is 1.00 e. The van der Waals surface area contributed by atoms with Crippen molar-refractivity contribution in [1.82, 2.24) is 0 Å². The Balaban J connectivity index is 0.00000208. The Kier molecular flexibility index (Phi) is 7.29. The van der Waals surface area contributed by atoms with Gasteiger partial charge in [0.2, 0.25) is 0 Å². The fourth-order valence-corrected chi connectivity index (χ4v) is 3.93. The van der Waals surface area contributed by atoms with Crippen molar-refractivity contribution in [3.8, 4) is 0 Å². The van der Waals surface area contributed by atoms with Gasteiger partial charge in [0, 0.05) is 12.8 Å². The summed E-state index contributed by atoms with van der Waals surface area (Å²) < 4.78 is 6.76. The third kappa shape index (κ3) is 4.82. The topological polar surface area (TPSA) is 26.3 Å². The van der Waals surface area contributed by atoms with Crippen LogP contribution in [0.5, 0.6) is 0 Å². The Labute approximate surface area is 162 Å².